The third kappa shape index (κ3) is 2.14. The van der Waals surface area contributed by atoms with E-state index in [4.69, 9.17) is 10.9 Å². The smallest absolute Gasteiger partial charge is 0.152 e. The minimum absolute atomic E-state index is 0.0573. The monoisotopic (exact) mass is 235 g/mol. The maximum absolute atomic E-state index is 8.56. The fourth-order valence-electron chi connectivity index (χ4n) is 1.44. The van der Waals surface area contributed by atoms with Crippen LogP contribution in [-0.4, -0.2) is 21.3 Å². The van der Waals surface area contributed by atoms with Crippen LogP contribution in [0, 0.1) is 0 Å². The molecule has 2 rings (SSSR count). The number of hydrogen-bond donors (Lipinski definition) is 3. The number of para-hydroxylation sites is 1. The predicted octanol–water partition coefficient (Wildman–Crippen LogP) is 2.39. The predicted molar refractivity (Wildman–Crippen MR) is 67.0 cm³/mol. The molecule has 5 heteroatoms. The average Bonchev–Trinajstić information content (AvgIpc) is 2.69. The number of aromatic nitrogens is 1. The zero-order chi connectivity index (χ0) is 11.5. The minimum Gasteiger partial charge on any atom is -0.409 e. The van der Waals surface area contributed by atoms with Crippen LogP contribution in [0.2, 0.25) is 0 Å². The fraction of sp³-hybridized carbons (Fsp3) is 0.182. The average molecular weight is 235 g/mol. The maximum Gasteiger partial charge on any atom is 0.152 e. The van der Waals surface area contributed by atoms with Gasteiger partial charge in [0.15, 0.2) is 5.84 Å². The molecule has 16 heavy (non-hydrogen) atoms. The quantitative estimate of drug-likeness (QED) is 0.251. The molecule has 0 aliphatic carbocycles. The van der Waals surface area contributed by atoms with Crippen LogP contribution in [0.15, 0.2) is 40.5 Å². The van der Waals surface area contributed by atoms with Gasteiger partial charge in [0, 0.05) is 10.9 Å². The second-order valence-corrected chi connectivity index (χ2v) is 4.89. The van der Waals surface area contributed by atoms with Gasteiger partial charge < -0.3 is 15.9 Å². The highest BCUT2D eigenvalue weighted by molar-refractivity contribution is 8.00. The van der Waals surface area contributed by atoms with Gasteiger partial charge >= 0.3 is 0 Å². The number of benzene rings is 1. The van der Waals surface area contributed by atoms with Crippen LogP contribution in [0.25, 0.3) is 10.9 Å². The number of amidine groups is 1. The van der Waals surface area contributed by atoms with E-state index in [2.05, 4.69) is 16.2 Å². The van der Waals surface area contributed by atoms with Crippen molar-refractivity contribution in [3.8, 4) is 0 Å². The summed E-state index contributed by atoms with van der Waals surface area (Å²) >= 11 is 1.53. The van der Waals surface area contributed by atoms with E-state index in [1.165, 1.54) is 11.8 Å². The standard InChI is InChI=1S/C11H13N3OS/c1-7(11(12)14-15)16-10-6-8-4-2-3-5-9(8)13-10/h2-7,13,15H,1H3,(H2,12,14). The lowest BCUT2D eigenvalue weighted by molar-refractivity contribution is 0.317. The summed E-state index contributed by atoms with van der Waals surface area (Å²) < 4.78 is 0. The molecule has 1 unspecified atom stereocenters. The van der Waals surface area contributed by atoms with Gasteiger partial charge in [-0.2, -0.15) is 0 Å². The summed E-state index contributed by atoms with van der Waals surface area (Å²) in [6.45, 7) is 1.89. The Hall–Kier alpha value is -1.62. The van der Waals surface area contributed by atoms with E-state index in [0.717, 1.165) is 15.9 Å². The Labute approximate surface area is 97.5 Å². The van der Waals surface area contributed by atoms with Gasteiger partial charge in [-0.3, -0.25) is 0 Å². The third-order valence-electron chi connectivity index (χ3n) is 2.34. The van der Waals surface area contributed by atoms with Crippen molar-refractivity contribution in [2.24, 2.45) is 10.9 Å². The van der Waals surface area contributed by atoms with Crippen LogP contribution >= 0.6 is 11.8 Å². The highest BCUT2D eigenvalue weighted by Crippen LogP contribution is 2.26. The van der Waals surface area contributed by atoms with Gasteiger partial charge in [-0.25, -0.2) is 0 Å². The van der Waals surface area contributed by atoms with Gasteiger partial charge in [-0.15, -0.1) is 0 Å². The first kappa shape index (κ1) is 10.9. The van der Waals surface area contributed by atoms with E-state index >= 15 is 0 Å². The topological polar surface area (TPSA) is 74.4 Å². The highest BCUT2D eigenvalue weighted by Gasteiger charge is 2.10. The molecule has 0 aliphatic heterocycles. The molecule has 0 saturated heterocycles. The Morgan fingerprint density at radius 1 is 1.50 bits per heavy atom. The summed E-state index contributed by atoms with van der Waals surface area (Å²) in [6, 6.07) is 10.1. The summed E-state index contributed by atoms with van der Waals surface area (Å²) in [6.07, 6.45) is 0. The van der Waals surface area contributed by atoms with Crippen molar-refractivity contribution >= 4 is 28.5 Å². The number of rotatable bonds is 3. The first-order valence-electron chi connectivity index (χ1n) is 4.92. The van der Waals surface area contributed by atoms with Crippen LogP contribution in [-0.2, 0) is 0 Å². The normalized spacial score (nSPS) is 14.2. The van der Waals surface area contributed by atoms with E-state index in [0.29, 0.717) is 0 Å². The number of nitrogens with one attached hydrogen (secondary N) is 1. The van der Waals surface area contributed by atoms with E-state index in [1.54, 1.807) is 0 Å². The molecule has 0 radical (unpaired) electrons. The number of thioether (sulfide) groups is 1. The van der Waals surface area contributed by atoms with E-state index in [-0.39, 0.29) is 11.1 Å². The van der Waals surface area contributed by atoms with Crippen molar-refractivity contribution in [2.75, 3.05) is 0 Å². The largest absolute Gasteiger partial charge is 0.409 e. The molecule has 0 fully saturated rings. The van der Waals surface area contributed by atoms with Crippen LogP contribution in [0.5, 0.6) is 0 Å². The number of hydrogen-bond acceptors (Lipinski definition) is 3. The second kappa shape index (κ2) is 4.49. The van der Waals surface area contributed by atoms with Gasteiger partial charge in [0.05, 0.1) is 10.3 Å². The summed E-state index contributed by atoms with van der Waals surface area (Å²) in [5.41, 5.74) is 6.62. The molecule has 0 amide bonds. The molecule has 0 saturated carbocycles. The Kier molecular flexibility index (Phi) is 3.05. The lowest BCUT2D eigenvalue weighted by Gasteiger charge is -2.06. The number of fused-ring (bicyclic) bond motifs is 1. The molecule has 1 aromatic heterocycles. The number of aromatic amines is 1. The number of nitrogens with two attached hydrogens (primary N) is 1. The second-order valence-electron chi connectivity index (χ2n) is 3.51. The molecule has 0 bridgehead atoms. The lowest BCUT2D eigenvalue weighted by Crippen LogP contribution is -2.23. The van der Waals surface area contributed by atoms with E-state index in [1.807, 2.05) is 31.2 Å². The molecule has 4 N–H and O–H groups in total. The maximum atomic E-state index is 8.56. The van der Waals surface area contributed by atoms with Gasteiger partial charge in [0.25, 0.3) is 0 Å². The van der Waals surface area contributed by atoms with Crippen LogP contribution in [0.3, 0.4) is 0 Å². The Morgan fingerprint density at radius 3 is 2.94 bits per heavy atom. The van der Waals surface area contributed by atoms with Crippen molar-refractivity contribution in [1.29, 1.82) is 0 Å². The fourth-order valence-corrected chi connectivity index (χ4v) is 2.36. The summed E-state index contributed by atoms with van der Waals surface area (Å²) in [7, 11) is 0. The molecule has 0 aliphatic rings. The SMILES string of the molecule is CC(Sc1cc2ccccc2[nH]1)C(N)=NO. The number of H-pyrrole nitrogens is 1. The minimum atomic E-state index is -0.0573. The molecular weight excluding hydrogens is 222 g/mol. The molecule has 1 aromatic carbocycles. The molecule has 0 spiro atoms. The highest BCUT2D eigenvalue weighted by atomic mass is 32.2. The zero-order valence-corrected chi connectivity index (χ0v) is 9.66. The Bertz CT molecular complexity index is 488. The van der Waals surface area contributed by atoms with Crippen molar-refractivity contribution in [1.82, 2.24) is 4.98 Å². The zero-order valence-electron chi connectivity index (χ0n) is 8.84. The summed E-state index contributed by atoms with van der Waals surface area (Å²) in [5, 5.41) is 13.7. The molecule has 2 aromatic rings. The van der Waals surface area contributed by atoms with Gasteiger partial charge in [-0.1, -0.05) is 35.1 Å². The van der Waals surface area contributed by atoms with Crippen molar-refractivity contribution in [3.63, 3.8) is 0 Å². The Morgan fingerprint density at radius 2 is 2.25 bits per heavy atom. The molecule has 84 valence electrons. The van der Waals surface area contributed by atoms with Crippen LogP contribution in [0.4, 0.5) is 0 Å². The van der Waals surface area contributed by atoms with Gasteiger partial charge in [0.2, 0.25) is 0 Å². The molecular formula is C11H13N3OS. The van der Waals surface area contributed by atoms with E-state index in [9.17, 15) is 0 Å². The Balaban J connectivity index is 2.22. The van der Waals surface area contributed by atoms with Crippen molar-refractivity contribution in [3.05, 3.63) is 30.3 Å². The van der Waals surface area contributed by atoms with Crippen molar-refractivity contribution in [2.45, 2.75) is 17.2 Å². The molecule has 4 nitrogen and oxygen atoms in total. The van der Waals surface area contributed by atoms with Gasteiger partial charge in [-0.05, 0) is 19.1 Å². The number of nitrogens with zero attached hydrogens (tertiary/aromatic N) is 1. The van der Waals surface area contributed by atoms with Crippen molar-refractivity contribution < 1.29 is 5.21 Å². The third-order valence-corrected chi connectivity index (χ3v) is 3.41. The molecule has 1 heterocycles. The number of oxime groups is 1. The van der Waals surface area contributed by atoms with Crippen LogP contribution in [0.1, 0.15) is 6.92 Å². The summed E-state index contributed by atoms with van der Waals surface area (Å²) in [4.78, 5) is 3.28. The van der Waals surface area contributed by atoms with Gasteiger partial charge in [0.1, 0.15) is 0 Å². The molecule has 1 atom stereocenters. The summed E-state index contributed by atoms with van der Waals surface area (Å²) in [5.74, 6) is 0.226. The first-order chi connectivity index (χ1) is 7.70. The lowest BCUT2D eigenvalue weighted by atomic mass is 10.3. The van der Waals surface area contributed by atoms with Crippen LogP contribution < -0.4 is 5.73 Å². The van der Waals surface area contributed by atoms with E-state index < -0.39 is 0 Å². The first-order valence-corrected chi connectivity index (χ1v) is 5.80.